The number of rotatable bonds is 7. The Labute approximate surface area is 123 Å². The van der Waals surface area contributed by atoms with Crippen molar-refractivity contribution in [3.05, 3.63) is 35.9 Å². The molecule has 0 aliphatic carbocycles. The Balaban J connectivity index is 1.72. The fraction of sp³-hybridized carbons (Fsp3) is 0.647. The van der Waals surface area contributed by atoms with Crippen LogP contribution in [0.2, 0.25) is 0 Å². The smallest absolute Gasteiger partial charge is 0.0445 e. The zero-order valence-electron chi connectivity index (χ0n) is 12.6. The molecule has 20 heavy (non-hydrogen) atoms. The first-order valence-electron chi connectivity index (χ1n) is 7.95. The first-order valence-corrected chi connectivity index (χ1v) is 7.95. The average molecular weight is 276 g/mol. The molecule has 2 rings (SSSR count). The standard InChI is InChI=1S/C17H28N2O/c1-2-16(10-13-20)18-17-8-11-19(12-9-17)14-15-6-4-3-5-7-15/h3-7,16-18,20H,2,8-14H2,1H3. The summed E-state index contributed by atoms with van der Waals surface area (Å²) >= 11 is 0. The van der Waals surface area contributed by atoms with Crippen LogP contribution in [0.25, 0.3) is 0 Å². The maximum atomic E-state index is 9.06. The van der Waals surface area contributed by atoms with Crippen LogP contribution in [0.4, 0.5) is 0 Å². The zero-order valence-corrected chi connectivity index (χ0v) is 12.6. The molecule has 0 radical (unpaired) electrons. The first-order chi connectivity index (χ1) is 9.81. The van der Waals surface area contributed by atoms with E-state index in [-0.39, 0.29) is 0 Å². The van der Waals surface area contributed by atoms with Gasteiger partial charge >= 0.3 is 0 Å². The lowest BCUT2D eigenvalue weighted by atomic mass is 10.0. The maximum absolute atomic E-state index is 9.06. The number of aliphatic hydroxyl groups excluding tert-OH is 1. The number of nitrogens with zero attached hydrogens (tertiary/aromatic N) is 1. The number of aliphatic hydroxyl groups is 1. The molecule has 1 aliphatic rings. The Morgan fingerprint density at radius 2 is 1.95 bits per heavy atom. The number of nitrogens with one attached hydrogen (secondary N) is 1. The summed E-state index contributed by atoms with van der Waals surface area (Å²) in [7, 11) is 0. The number of hydrogen-bond acceptors (Lipinski definition) is 3. The quantitative estimate of drug-likeness (QED) is 0.803. The Morgan fingerprint density at radius 3 is 2.55 bits per heavy atom. The van der Waals surface area contributed by atoms with Gasteiger partial charge in [0, 0.05) is 25.2 Å². The third-order valence-corrected chi connectivity index (χ3v) is 4.28. The Kier molecular flexibility index (Phi) is 6.51. The normalized spacial score (nSPS) is 19.1. The second-order valence-electron chi connectivity index (χ2n) is 5.82. The van der Waals surface area contributed by atoms with Crippen LogP contribution in [0.15, 0.2) is 30.3 Å². The van der Waals surface area contributed by atoms with Gasteiger partial charge in [0.15, 0.2) is 0 Å². The summed E-state index contributed by atoms with van der Waals surface area (Å²) in [6.07, 6.45) is 4.41. The first kappa shape index (κ1) is 15.5. The molecule has 3 heteroatoms. The molecule has 1 fully saturated rings. The molecule has 0 bridgehead atoms. The molecule has 1 unspecified atom stereocenters. The van der Waals surface area contributed by atoms with Crippen LogP contribution in [0, 0.1) is 0 Å². The number of piperidine rings is 1. The van der Waals surface area contributed by atoms with Crippen molar-refractivity contribution in [3.63, 3.8) is 0 Å². The topological polar surface area (TPSA) is 35.5 Å². The van der Waals surface area contributed by atoms with Crippen LogP contribution in [-0.4, -0.2) is 41.8 Å². The monoisotopic (exact) mass is 276 g/mol. The number of hydrogen-bond donors (Lipinski definition) is 2. The molecule has 0 aromatic heterocycles. The van der Waals surface area contributed by atoms with E-state index in [2.05, 4.69) is 47.5 Å². The molecule has 1 aromatic rings. The Morgan fingerprint density at radius 1 is 1.25 bits per heavy atom. The van der Waals surface area contributed by atoms with E-state index in [1.54, 1.807) is 0 Å². The van der Waals surface area contributed by atoms with Crippen LogP contribution in [0.1, 0.15) is 38.2 Å². The largest absolute Gasteiger partial charge is 0.396 e. The number of benzene rings is 1. The van der Waals surface area contributed by atoms with Crippen molar-refractivity contribution in [1.82, 2.24) is 10.2 Å². The van der Waals surface area contributed by atoms with Crippen LogP contribution < -0.4 is 5.32 Å². The van der Waals surface area contributed by atoms with E-state index in [0.717, 1.165) is 19.4 Å². The van der Waals surface area contributed by atoms with Gasteiger partial charge in [0.2, 0.25) is 0 Å². The minimum absolute atomic E-state index is 0.290. The Bertz CT molecular complexity index is 361. The third-order valence-electron chi connectivity index (χ3n) is 4.28. The highest BCUT2D eigenvalue weighted by Gasteiger charge is 2.20. The van der Waals surface area contributed by atoms with Gasteiger partial charge in [-0.05, 0) is 44.3 Å². The summed E-state index contributed by atoms with van der Waals surface area (Å²) < 4.78 is 0. The summed E-state index contributed by atoms with van der Waals surface area (Å²) in [6, 6.07) is 11.8. The fourth-order valence-corrected chi connectivity index (χ4v) is 2.99. The van der Waals surface area contributed by atoms with Crippen molar-refractivity contribution < 1.29 is 5.11 Å². The minimum atomic E-state index is 0.290. The molecular formula is C17H28N2O. The molecular weight excluding hydrogens is 248 g/mol. The highest BCUT2D eigenvalue weighted by molar-refractivity contribution is 5.14. The lowest BCUT2D eigenvalue weighted by Crippen LogP contribution is -2.46. The predicted molar refractivity (Wildman–Crippen MR) is 83.7 cm³/mol. The second kappa shape index (κ2) is 8.40. The minimum Gasteiger partial charge on any atom is -0.396 e. The van der Waals surface area contributed by atoms with E-state index in [9.17, 15) is 0 Å². The lowest BCUT2D eigenvalue weighted by Gasteiger charge is -2.34. The van der Waals surface area contributed by atoms with Crippen LogP contribution >= 0.6 is 0 Å². The van der Waals surface area contributed by atoms with E-state index < -0.39 is 0 Å². The SMILES string of the molecule is CCC(CCO)NC1CCN(Cc2ccccc2)CC1. The van der Waals surface area contributed by atoms with E-state index in [0.29, 0.717) is 18.7 Å². The van der Waals surface area contributed by atoms with Crippen molar-refractivity contribution in [2.45, 2.75) is 51.2 Å². The van der Waals surface area contributed by atoms with Crippen LogP contribution in [0.3, 0.4) is 0 Å². The van der Waals surface area contributed by atoms with E-state index in [1.165, 1.54) is 31.5 Å². The highest BCUT2D eigenvalue weighted by atomic mass is 16.3. The van der Waals surface area contributed by atoms with E-state index in [1.807, 2.05) is 0 Å². The van der Waals surface area contributed by atoms with Crippen molar-refractivity contribution in [2.24, 2.45) is 0 Å². The molecule has 1 aliphatic heterocycles. The lowest BCUT2D eigenvalue weighted by molar-refractivity contribution is 0.176. The van der Waals surface area contributed by atoms with Crippen LogP contribution in [-0.2, 0) is 6.54 Å². The van der Waals surface area contributed by atoms with Crippen molar-refractivity contribution in [1.29, 1.82) is 0 Å². The second-order valence-corrected chi connectivity index (χ2v) is 5.82. The predicted octanol–water partition coefficient (Wildman–Crippen LogP) is 2.40. The molecule has 1 heterocycles. The summed E-state index contributed by atoms with van der Waals surface area (Å²) in [5.41, 5.74) is 1.41. The van der Waals surface area contributed by atoms with Crippen molar-refractivity contribution in [2.75, 3.05) is 19.7 Å². The zero-order chi connectivity index (χ0) is 14.2. The molecule has 3 nitrogen and oxygen atoms in total. The molecule has 0 amide bonds. The van der Waals surface area contributed by atoms with Gasteiger partial charge < -0.3 is 10.4 Å². The number of likely N-dealkylation sites (tertiary alicyclic amines) is 1. The van der Waals surface area contributed by atoms with E-state index in [4.69, 9.17) is 5.11 Å². The van der Waals surface area contributed by atoms with Gasteiger partial charge in [-0.1, -0.05) is 37.3 Å². The average Bonchev–Trinajstić information content (AvgIpc) is 2.50. The van der Waals surface area contributed by atoms with Crippen LogP contribution in [0.5, 0.6) is 0 Å². The molecule has 112 valence electrons. The third kappa shape index (κ3) is 4.89. The summed E-state index contributed by atoms with van der Waals surface area (Å²) in [5.74, 6) is 0. The van der Waals surface area contributed by atoms with Gasteiger partial charge in [0.25, 0.3) is 0 Å². The molecule has 1 saturated heterocycles. The summed E-state index contributed by atoms with van der Waals surface area (Å²) in [6.45, 7) is 5.89. The van der Waals surface area contributed by atoms with Gasteiger partial charge in [-0.2, -0.15) is 0 Å². The van der Waals surface area contributed by atoms with Crippen molar-refractivity contribution in [3.8, 4) is 0 Å². The molecule has 1 aromatic carbocycles. The Hall–Kier alpha value is -0.900. The summed E-state index contributed by atoms with van der Waals surface area (Å²) in [4.78, 5) is 2.54. The van der Waals surface area contributed by atoms with Gasteiger partial charge in [-0.3, -0.25) is 4.90 Å². The molecule has 1 atom stereocenters. The van der Waals surface area contributed by atoms with Gasteiger partial charge in [0.1, 0.15) is 0 Å². The molecule has 2 N–H and O–H groups in total. The van der Waals surface area contributed by atoms with Gasteiger partial charge in [-0.25, -0.2) is 0 Å². The fourth-order valence-electron chi connectivity index (χ4n) is 2.99. The maximum Gasteiger partial charge on any atom is 0.0445 e. The molecule has 0 spiro atoms. The summed E-state index contributed by atoms with van der Waals surface area (Å²) in [5, 5.41) is 12.8. The van der Waals surface area contributed by atoms with Gasteiger partial charge in [0.05, 0.1) is 0 Å². The highest BCUT2D eigenvalue weighted by Crippen LogP contribution is 2.15. The van der Waals surface area contributed by atoms with E-state index >= 15 is 0 Å². The molecule has 0 saturated carbocycles. The van der Waals surface area contributed by atoms with Crippen molar-refractivity contribution >= 4 is 0 Å². The van der Waals surface area contributed by atoms with Gasteiger partial charge in [-0.15, -0.1) is 0 Å².